The minimum absolute atomic E-state index is 0.00620. The van der Waals surface area contributed by atoms with Crippen LogP contribution in [0.25, 0.3) is 0 Å². The molecule has 0 amide bonds. The lowest BCUT2D eigenvalue weighted by Gasteiger charge is -2.30. The van der Waals surface area contributed by atoms with E-state index >= 15 is 0 Å². The molecule has 2 atom stereocenters. The van der Waals surface area contributed by atoms with Crippen LogP contribution in [-0.4, -0.2) is 27.1 Å². The zero-order valence-electron chi connectivity index (χ0n) is 19.9. The van der Waals surface area contributed by atoms with E-state index in [1.165, 1.54) is 0 Å². The number of hydrogen-bond acceptors (Lipinski definition) is 6. The first-order valence-corrected chi connectivity index (χ1v) is 11.8. The molecule has 0 saturated heterocycles. The third kappa shape index (κ3) is 4.19. The molecule has 0 radical (unpaired) electrons. The summed E-state index contributed by atoms with van der Waals surface area (Å²) in [5, 5.41) is 7.83. The highest BCUT2D eigenvalue weighted by atomic mass is 35.5. The fourth-order valence-electron chi connectivity index (χ4n) is 5.04. The number of Topliss-reactive ketones (excluding diaryl/α,β-unsaturated/α-hetero) is 1. The summed E-state index contributed by atoms with van der Waals surface area (Å²) in [5.74, 6) is 1.65. The molecule has 35 heavy (non-hydrogen) atoms. The summed E-state index contributed by atoms with van der Waals surface area (Å²) in [7, 11) is 4.75. The second-order valence-corrected chi connectivity index (χ2v) is 9.06. The molecule has 3 aromatic rings. The van der Waals surface area contributed by atoms with Crippen molar-refractivity contribution in [1.29, 1.82) is 0 Å². The van der Waals surface area contributed by atoms with E-state index in [1.807, 2.05) is 60.7 Å². The van der Waals surface area contributed by atoms with Gasteiger partial charge in [-0.15, -0.1) is 0 Å². The molecule has 2 aliphatic rings. The first-order valence-electron chi connectivity index (χ1n) is 11.5. The van der Waals surface area contributed by atoms with Gasteiger partial charge in [0, 0.05) is 22.7 Å². The lowest BCUT2D eigenvalue weighted by molar-refractivity contribution is -0.116. The number of hydrogen-bond donors (Lipinski definition) is 2. The number of fused-ring (bicyclic) bond motifs is 1. The minimum atomic E-state index is -0.408. The summed E-state index contributed by atoms with van der Waals surface area (Å²) in [6.07, 6.45) is 1.05. The topological polar surface area (TPSA) is 68.8 Å². The van der Waals surface area contributed by atoms with Crippen molar-refractivity contribution in [2.75, 3.05) is 32.0 Å². The molecule has 7 heteroatoms. The highest BCUT2D eigenvalue weighted by Gasteiger charge is 2.37. The average molecular weight is 491 g/mol. The van der Waals surface area contributed by atoms with Crippen LogP contribution < -0.4 is 24.8 Å². The molecule has 6 nitrogen and oxygen atoms in total. The number of halogens is 1. The monoisotopic (exact) mass is 490 g/mol. The van der Waals surface area contributed by atoms with Gasteiger partial charge in [-0.1, -0.05) is 41.9 Å². The fraction of sp³-hybridized carbons (Fsp3) is 0.250. The highest BCUT2D eigenvalue weighted by Crippen LogP contribution is 2.47. The van der Waals surface area contributed by atoms with E-state index in [2.05, 4.69) is 10.6 Å². The van der Waals surface area contributed by atoms with E-state index in [1.54, 1.807) is 21.3 Å². The second-order valence-electron chi connectivity index (χ2n) is 8.65. The van der Waals surface area contributed by atoms with E-state index in [0.29, 0.717) is 40.7 Å². The van der Waals surface area contributed by atoms with Gasteiger partial charge in [-0.2, -0.15) is 0 Å². The maximum Gasteiger partial charge on any atom is 0.203 e. The lowest BCUT2D eigenvalue weighted by Crippen LogP contribution is -2.27. The second kappa shape index (κ2) is 9.55. The van der Waals surface area contributed by atoms with E-state index in [9.17, 15) is 4.79 Å². The number of rotatable bonds is 5. The highest BCUT2D eigenvalue weighted by molar-refractivity contribution is 6.31. The number of ether oxygens (including phenoxy) is 3. The summed E-state index contributed by atoms with van der Waals surface area (Å²) in [5.41, 5.74) is 5.26. The van der Waals surface area contributed by atoms with Crippen molar-refractivity contribution in [2.24, 2.45) is 0 Å². The van der Waals surface area contributed by atoms with Crippen molar-refractivity contribution < 1.29 is 19.0 Å². The Morgan fingerprint density at radius 2 is 1.51 bits per heavy atom. The van der Waals surface area contributed by atoms with Crippen LogP contribution in [0.2, 0.25) is 5.02 Å². The Bertz CT molecular complexity index is 1290. The van der Waals surface area contributed by atoms with Gasteiger partial charge in [0.15, 0.2) is 17.3 Å². The van der Waals surface area contributed by atoms with Crippen molar-refractivity contribution in [1.82, 2.24) is 0 Å². The van der Waals surface area contributed by atoms with Gasteiger partial charge in [0.05, 0.1) is 38.7 Å². The van der Waals surface area contributed by atoms with Crippen LogP contribution in [0.1, 0.15) is 35.9 Å². The number of benzene rings is 3. The number of carbonyl (C=O) groups excluding carboxylic acids is 1. The Morgan fingerprint density at radius 3 is 2.17 bits per heavy atom. The first-order chi connectivity index (χ1) is 17.0. The van der Waals surface area contributed by atoms with Gasteiger partial charge in [-0.3, -0.25) is 4.79 Å². The van der Waals surface area contributed by atoms with Gasteiger partial charge in [-0.25, -0.2) is 0 Å². The van der Waals surface area contributed by atoms with Crippen LogP contribution in [0.4, 0.5) is 11.4 Å². The molecular weight excluding hydrogens is 464 g/mol. The fourth-order valence-corrected chi connectivity index (χ4v) is 5.33. The SMILES string of the molecule is COc1cc([C@H]2Nc3ccccc3NC3=C2C(=O)C[C@H](c2ccccc2Cl)C3)cc(OC)c1OC. The molecule has 0 unspecified atom stereocenters. The molecule has 180 valence electrons. The van der Waals surface area contributed by atoms with Gasteiger partial charge in [0.25, 0.3) is 0 Å². The van der Waals surface area contributed by atoms with Crippen molar-refractivity contribution in [3.63, 3.8) is 0 Å². The Hall–Kier alpha value is -3.64. The van der Waals surface area contributed by atoms with Crippen molar-refractivity contribution >= 4 is 28.8 Å². The predicted octanol–water partition coefficient (Wildman–Crippen LogP) is 6.35. The third-order valence-corrected chi connectivity index (χ3v) is 7.02. The van der Waals surface area contributed by atoms with E-state index < -0.39 is 6.04 Å². The maximum absolute atomic E-state index is 13.8. The van der Waals surface area contributed by atoms with Gasteiger partial charge < -0.3 is 24.8 Å². The molecule has 1 aliphatic carbocycles. The molecule has 0 fully saturated rings. The largest absolute Gasteiger partial charge is 0.493 e. The summed E-state index contributed by atoms with van der Waals surface area (Å²) in [4.78, 5) is 13.8. The predicted molar refractivity (Wildman–Crippen MR) is 138 cm³/mol. The van der Waals surface area contributed by atoms with Crippen LogP contribution in [0.15, 0.2) is 71.9 Å². The van der Waals surface area contributed by atoms with Gasteiger partial charge >= 0.3 is 0 Å². The Balaban J connectivity index is 1.66. The van der Waals surface area contributed by atoms with Gasteiger partial charge in [-0.05, 0) is 53.8 Å². The van der Waals surface area contributed by atoms with E-state index in [4.69, 9.17) is 25.8 Å². The summed E-state index contributed by atoms with van der Waals surface area (Å²) in [6, 6.07) is 19.1. The molecular formula is C28H27ClN2O4. The summed E-state index contributed by atoms with van der Waals surface area (Å²) in [6.45, 7) is 0. The quantitative estimate of drug-likeness (QED) is 0.434. The van der Waals surface area contributed by atoms with Crippen LogP contribution >= 0.6 is 11.6 Å². The molecule has 0 bridgehead atoms. The number of nitrogens with one attached hydrogen (secondary N) is 2. The Morgan fingerprint density at radius 1 is 0.857 bits per heavy atom. The van der Waals surface area contributed by atoms with Crippen LogP contribution in [0, 0.1) is 0 Å². The number of carbonyl (C=O) groups is 1. The lowest BCUT2D eigenvalue weighted by atomic mass is 9.78. The van der Waals surface area contributed by atoms with E-state index in [-0.39, 0.29) is 11.7 Å². The molecule has 0 saturated carbocycles. The molecule has 0 aromatic heterocycles. The zero-order valence-corrected chi connectivity index (χ0v) is 20.6. The van der Waals surface area contributed by atoms with Crippen molar-refractivity contribution in [3.8, 4) is 17.2 Å². The van der Waals surface area contributed by atoms with Crippen LogP contribution in [0.5, 0.6) is 17.2 Å². The minimum Gasteiger partial charge on any atom is -0.493 e. The standard InChI is InChI=1S/C28H27ClN2O4/c1-33-24-14-17(15-25(34-2)28(24)35-3)27-26-22(30-20-10-6-7-11-21(20)31-27)12-16(13-23(26)32)18-8-4-5-9-19(18)29/h4-11,14-16,27,30-31H,12-13H2,1-3H3/t16-,27-/m1/s1. The van der Waals surface area contributed by atoms with Gasteiger partial charge in [0.2, 0.25) is 5.75 Å². The Kier molecular flexibility index (Phi) is 6.31. The van der Waals surface area contributed by atoms with E-state index in [0.717, 1.165) is 28.2 Å². The molecule has 1 heterocycles. The number of ketones is 1. The summed E-state index contributed by atoms with van der Waals surface area (Å²) >= 11 is 6.51. The van der Waals surface area contributed by atoms with Crippen LogP contribution in [0.3, 0.4) is 0 Å². The molecule has 5 rings (SSSR count). The van der Waals surface area contributed by atoms with Crippen molar-refractivity contribution in [2.45, 2.75) is 24.8 Å². The smallest absolute Gasteiger partial charge is 0.203 e. The van der Waals surface area contributed by atoms with Gasteiger partial charge in [0.1, 0.15) is 0 Å². The molecule has 2 N–H and O–H groups in total. The maximum atomic E-state index is 13.8. The normalized spacial score (nSPS) is 19.0. The summed E-state index contributed by atoms with van der Waals surface area (Å²) < 4.78 is 16.7. The number of allylic oxidation sites excluding steroid dienone is 1. The first kappa shape index (κ1) is 23.1. The number of para-hydroxylation sites is 2. The molecule has 1 aliphatic heterocycles. The average Bonchev–Trinajstić information content (AvgIpc) is 3.05. The number of methoxy groups -OCH3 is 3. The molecule has 3 aromatic carbocycles. The van der Waals surface area contributed by atoms with Crippen LogP contribution in [-0.2, 0) is 4.79 Å². The van der Waals surface area contributed by atoms with Crippen molar-refractivity contribution in [3.05, 3.63) is 88.1 Å². The number of anilines is 2. The third-order valence-electron chi connectivity index (χ3n) is 6.67. The zero-order chi connectivity index (χ0) is 24.5. The Labute approximate surface area is 209 Å². The molecule has 0 spiro atoms.